The Morgan fingerprint density at radius 3 is 2.69 bits per heavy atom. The number of hydrazine groups is 1. The Bertz CT molecular complexity index is 213. The highest BCUT2D eigenvalue weighted by Crippen LogP contribution is 2.31. The molecule has 96 valence electrons. The Morgan fingerprint density at radius 2 is 2.25 bits per heavy atom. The van der Waals surface area contributed by atoms with Gasteiger partial charge >= 0.3 is 0 Å². The van der Waals surface area contributed by atoms with E-state index < -0.39 is 0 Å². The summed E-state index contributed by atoms with van der Waals surface area (Å²) < 4.78 is 11.2. The van der Waals surface area contributed by atoms with Crippen molar-refractivity contribution < 1.29 is 9.47 Å². The van der Waals surface area contributed by atoms with E-state index in [-0.39, 0.29) is 17.2 Å². The van der Waals surface area contributed by atoms with Crippen LogP contribution in [0.5, 0.6) is 0 Å². The van der Waals surface area contributed by atoms with Crippen molar-refractivity contribution in [2.24, 2.45) is 5.84 Å². The van der Waals surface area contributed by atoms with Crippen LogP contribution in [0, 0.1) is 0 Å². The molecular formula is C12H26N2O2. The van der Waals surface area contributed by atoms with Gasteiger partial charge in [-0.15, -0.1) is 0 Å². The zero-order valence-electron chi connectivity index (χ0n) is 11.0. The number of rotatable bonds is 6. The number of nitrogens with two attached hydrogens (primary N) is 1. The van der Waals surface area contributed by atoms with E-state index in [0.717, 1.165) is 32.3 Å². The van der Waals surface area contributed by atoms with Crippen molar-refractivity contribution in [3.05, 3.63) is 0 Å². The molecule has 0 saturated carbocycles. The number of methoxy groups -OCH3 is 1. The van der Waals surface area contributed by atoms with Gasteiger partial charge in [-0.25, -0.2) is 0 Å². The lowest BCUT2D eigenvalue weighted by atomic mass is 9.87. The number of ether oxygens (including phenoxy) is 2. The maximum atomic E-state index is 5.81. The normalized spacial score (nSPS) is 28.3. The molecule has 0 aromatic rings. The van der Waals surface area contributed by atoms with Gasteiger partial charge in [0.15, 0.2) is 0 Å². The third-order valence-electron chi connectivity index (χ3n) is 3.78. The standard InChI is InChI=1S/C12H26N2O2/c1-11(2,15-4)8-6-10(14-13)12(3)7-5-9-16-12/h10,14H,5-9,13H2,1-4H3. The molecule has 0 radical (unpaired) electrons. The largest absolute Gasteiger partial charge is 0.379 e. The molecule has 1 aliphatic heterocycles. The molecule has 0 aromatic heterocycles. The second-order valence-corrected chi connectivity index (χ2v) is 5.49. The maximum absolute atomic E-state index is 5.81. The average molecular weight is 230 g/mol. The summed E-state index contributed by atoms with van der Waals surface area (Å²) in [6.45, 7) is 7.18. The van der Waals surface area contributed by atoms with Crippen molar-refractivity contribution in [3.8, 4) is 0 Å². The van der Waals surface area contributed by atoms with Crippen molar-refractivity contribution in [1.82, 2.24) is 5.43 Å². The fourth-order valence-corrected chi connectivity index (χ4v) is 2.23. The Hall–Kier alpha value is -0.160. The summed E-state index contributed by atoms with van der Waals surface area (Å²) in [4.78, 5) is 0. The highest BCUT2D eigenvalue weighted by Gasteiger charge is 2.38. The third kappa shape index (κ3) is 3.42. The molecule has 1 rings (SSSR count). The van der Waals surface area contributed by atoms with Crippen molar-refractivity contribution in [1.29, 1.82) is 0 Å². The highest BCUT2D eigenvalue weighted by atomic mass is 16.5. The molecule has 0 spiro atoms. The zero-order valence-corrected chi connectivity index (χ0v) is 11.0. The van der Waals surface area contributed by atoms with Crippen LogP contribution in [-0.4, -0.2) is 31.0 Å². The molecule has 1 fully saturated rings. The first-order chi connectivity index (χ1) is 7.43. The first-order valence-corrected chi connectivity index (χ1v) is 6.09. The monoisotopic (exact) mass is 230 g/mol. The minimum Gasteiger partial charge on any atom is -0.379 e. The molecule has 0 aliphatic carbocycles. The van der Waals surface area contributed by atoms with Crippen LogP contribution in [0.4, 0.5) is 0 Å². The quantitative estimate of drug-likeness (QED) is 0.537. The van der Waals surface area contributed by atoms with E-state index >= 15 is 0 Å². The van der Waals surface area contributed by atoms with Crippen LogP contribution in [0.3, 0.4) is 0 Å². The smallest absolute Gasteiger partial charge is 0.0821 e. The fourth-order valence-electron chi connectivity index (χ4n) is 2.23. The van der Waals surface area contributed by atoms with Gasteiger partial charge in [0.05, 0.1) is 11.2 Å². The van der Waals surface area contributed by atoms with Gasteiger partial charge in [-0.3, -0.25) is 11.3 Å². The molecule has 4 nitrogen and oxygen atoms in total. The minimum absolute atomic E-state index is 0.0932. The predicted molar refractivity (Wildman–Crippen MR) is 65.0 cm³/mol. The summed E-state index contributed by atoms with van der Waals surface area (Å²) in [6.07, 6.45) is 4.14. The number of hydrogen-bond acceptors (Lipinski definition) is 4. The van der Waals surface area contributed by atoms with Crippen LogP contribution in [0.25, 0.3) is 0 Å². The van der Waals surface area contributed by atoms with Gasteiger partial charge in [0, 0.05) is 19.8 Å². The molecule has 1 saturated heterocycles. The molecular weight excluding hydrogens is 204 g/mol. The summed E-state index contributed by atoms with van der Waals surface area (Å²) in [5.74, 6) is 5.64. The molecule has 1 heterocycles. The Kier molecular flexibility index (Phi) is 4.73. The molecule has 3 N–H and O–H groups in total. The van der Waals surface area contributed by atoms with Gasteiger partial charge in [-0.05, 0) is 46.5 Å². The molecule has 2 atom stereocenters. The molecule has 16 heavy (non-hydrogen) atoms. The van der Waals surface area contributed by atoms with Crippen molar-refractivity contribution in [2.45, 2.75) is 63.7 Å². The molecule has 0 amide bonds. The fraction of sp³-hybridized carbons (Fsp3) is 1.00. The van der Waals surface area contributed by atoms with E-state index in [1.165, 1.54) is 0 Å². The average Bonchev–Trinajstić information content (AvgIpc) is 2.67. The summed E-state index contributed by atoms with van der Waals surface area (Å²) in [7, 11) is 1.75. The molecule has 0 aromatic carbocycles. The summed E-state index contributed by atoms with van der Waals surface area (Å²) in [5.41, 5.74) is 2.69. The van der Waals surface area contributed by atoms with Crippen LogP contribution in [0.15, 0.2) is 0 Å². The first-order valence-electron chi connectivity index (χ1n) is 6.09. The second kappa shape index (κ2) is 5.45. The highest BCUT2D eigenvalue weighted by molar-refractivity contribution is 4.92. The van der Waals surface area contributed by atoms with Crippen LogP contribution in [0.1, 0.15) is 46.5 Å². The van der Waals surface area contributed by atoms with Crippen molar-refractivity contribution in [3.63, 3.8) is 0 Å². The summed E-state index contributed by atoms with van der Waals surface area (Å²) >= 11 is 0. The van der Waals surface area contributed by atoms with Gasteiger partial charge in [0.1, 0.15) is 0 Å². The van der Waals surface area contributed by atoms with Gasteiger partial charge in [0.25, 0.3) is 0 Å². The topological polar surface area (TPSA) is 56.5 Å². The van der Waals surface area contributed by atoms with Gasteiger partial charge < -0.3 is 9.47 Å². The minimum atomic E-state index is -0.113. The first kappa shape index (κ1) is 13.9. The molecule has 2 unspecified atom stereocenters. The van der Waals surface area contributed by atoms with Crippen LogP contribution >= 0.6 is 0 Å². The SMILES string of the molecule is COC(C)(C)CCC(NN)C1(C)CCCO1. The van der Waals surface area contributed by atoms with E-state index in [1.54, 1.807) is 7.11 Å². The van der Waals surface area contributed by atoms with Crippen molar-refractivity contribution in [2.75, 3.05) is 13.7 Å². The number of nitrogens with one attached hydrogen (secondary N) is 1. The van der Waals surface area contributed by atoms with Gasteiger partial charge in [-0.2, -0.15) is 0 Å². The van der Waals surface area contributed by atoms with Crippen LogP contribution in [-0.2, 0) is 9.47 Å². The lowest BCUT2D eigenvalue weighted by Crippen LogP contribution is -2.52. The van der Waals surface area contributed by atoms with Crippen LogP contribution < -0.4 is 11.3 Å². The third-order valence-corrected chi connectivity index (χ3v) is 3.78. The molecule has 1 aliphatic rings. The number of hydrogen-bond donors (Lipinski definition) is 2. The Labute approximate surface area is 98.8 Å². The van der Waals surface area contributed by atoms with E-state index in [4.69, 9.17) is 15.3 Å². The zero-order chi connectivity index (χ0) is 12.2. The lowest BCUT2D eigenvalue weighted by molar-refractivity contribution is -0.0297. The molecule has 0 bridgehead atoms. The summed E-state index contributed by atoms with van der Waals surface area (Å²) in [6, 6.07) is 0.199. The predicted octanol–water partition coefficient (Wildman–Crippen LogP) is 1.59. The van der Waals surface area contributed by atoms with E-state index in [2.05, 4.69) is 26.2 Å². The van der Waals surface area contributed by atoms with E-state index in [1.807, 2.05) is 0 Å². The summed E-state index contributed by atoms with van der Waals surface area (Å²) in [5, 5.41) is 0. The van der Waals surface area contributed by atoms with Gasteiger partial charge in [0.2, 0.25) is 0 Å². The van der Waals surface area contributed by atoms with Crippen LogP contribution in [0.2, 0.25) is 0 Å². The van der Waals surface area contributed by atoms with E-state index in [9.17, 15) is 0 Å². The lowest BCUT2D eigenvalue weighted by Gasteiger charge is -2.35. The Balaban J connectivity index is 2.49. The van der Waals surface area contributed by atoms with E-state index in [0.29, 0.717) is 0 Å². The Morgan fingerprint density at radius 1 is 1.56 bits per heavy atom. The van der Waals surface area contributed by atoms with Crippen molar-refractivity contribution >= 4 is 0 Å². The maximum Gasteiger partial charge on any atom is 0.0821 e. The molecule has 4 heteroatoms. The van der Waals surface area contributed by atoms with Gasteiger partial charge in [-0.1, -0.05) is 0 Å². The second-order valence-electron chi connectivity index (χ2n) is 5.49.